The lowest BCUT2D eigenvalue weighted by Gasteiger charge is -2.43. The standard InChI is InChI=1S/C47H55ClN11O8P/c1-67-37-27-30(11-12-33(37)53-47-51-28-32(48)43(55-47)52-34-8-4-5-10-38(34)68(2,3)66)56-21-17-29(18-22-56)57-23-25-58(26-24-57)41(62)16-15-39(60)50-20-19-49-35-9-6-7-31-42(35)46(65)59(45(31)64)36-13-14-40(61)54-44(36)63/h4-12,27-29,36,49H,13-26H2,1-3H3,(H,50,60)(H,54,61,63)(H2,51,52,53,55). The van der Waals surface area contributed by atoms with E-state index in [1.807, 2.05) is 47.4 Å². The van der Waals surface area contributed by atoms with E-state index in [1.165, 1.54) is 12.3 Å². The van der Waals surface area contributed by atoms with E-state index in [2.05, 4.69) is 46.4 Å². The number of methoxy groups -OCH3 is 1. The number of amides is 6. The third kappa shape index (κ3) is 10.7. The number of halogens is 1. The quantitative estimate of drug-likeness (QED) is 0.0596. The summed E-state index contributed by atoms with van der Waals surface area (Å²) in [5.41, 5.74) is 3.08. The van der Waals surface area contributed by atoms with Gasteiger partial charge < -0.3 is 40.4 Å². The molecule has 19 nitrogen and oxygen atoms in total. The van der Waals surface area contributed by atoms with E-state index in [9.17, 15) is 33.3 Å². The number of ether oxygens (including phenoxy) is 1. The van der Waals surface area contributed by atoms with Crippen LogP contribution in [0, 0.1) is 0 Å². The first-order valence-electron chi connectivity index (χ1n) is 22.7. The molecule has 68 heavy (non-hydrogen) atoms. The Bertz CT molecular complexity index is 2670. The molecule has 0 saturated carbocycles. The molecule has 0 aliphatic carbocycles. The molecule has 1 unspecified atom stereocenters. The van der Waals surface area contributed by atoms with Crippen LogP contribution in [-0.2, 0) is 23.7 Å². The molecule has 8 rings (SSSR count). The lowest BCUT2D eigenvalue weighted by atomic mass is 10.0. The van der Waals surface area contributed by atoms with Crippen molar-refractivity contribution in [1.29, 1.82) is 0 Å². The summed E-state index contributed by atoms with van der Waals surface area (Å²) in [5, 5.41) is 15.6. The number of nitrogens with one attached hydrogen (secondary N) is 5. The van der Waals surface area contributed by atoms with Crippen LogP contribution in [0.3, 0.4) is 0 Å². The molecular weight excluding hydrogens is 913 g/mol. The Kier molecular flexibility index (Phi) is 14.6. The van der Waals surface area contributed by atoms with Crippen LogP contribution >= 0.6 is 18.7 Å². The zero-order valence-electron chi connectivity index (χ0n) is 38.2. The summed E-state index contributed by atoms with van der Waals surface area (Å²) in [4.78, 5) is 92.9. The molecule has 4 aliphatic heterocycles. The van der Waals surface area contributed by atoms with Crippen molar-refractivity contribution in [3.63, 3.8) is 0 Å². The van der Waals surface area contributed by atoms with Gasteiger partial charge in [0.15, 0.2) is 5.82 Å². The van der Waals surface area contributed by atoms with Crippen molar-refractivity contribution in [3.8, 4) is 5.75 Å². The molecule has 6 amide bonds. The second kappa shape index (κ2) is 20.8. The van der Waals surface area contributed by atoms with Crippen LogP contribution < -0.4 is 41.5 Å². The Morgan fingerprint density at radius 2 is 1.60 bits per heavy atom. The van der Waals surface area contributed by atoms with E-state index >= 15 is 0 Å². The molecule has 3 aromatic carbocycles. The minimum absolute atomic E-state index is 0.0300. The molecule has 0 bridgehead atoms. The Morgan fingerprint density at radius 3 is 2.34 bits per heavy atom. The topological polar surface area (TPSA) is 228 Å². The normalized spacial score (nSPS) is 18.0. The molecule has 1 aromatic heterocycles. The van der Waals surface area contributed by atoms with Crippen molar-refractivity contribution < 1.29 is 38.1 Å². The predicted molar refractivity (Wildman–Crippen MR) is 259 cm³/mol. The first-order valence-corrected chi connectivity index (χ1v) is 25.7. The smallest absolute Gasteiger partial charge is 0.264 e. The van der Waals surface area contributed by atoms with Crippen LogP contribution in [0.2, 0.25) is 5.02 Å². The fraction of sp³-hybridized carbons (Fsp3) is 0.404. The summed E-state index contributed by atoms with van der Waals surface area (Å²) in [6.45, 7) is 8.34. The van der Waals surface area contributed by atoms with E-state index < -0.39 is 36.8 Å². The van der Waals surface area contributed by atoms with Gasteiger partial charge in [0.1, 0.15) is 24.0 Å². The predicted octanol–water partition coefficient (Wildman–Crippen LogP) is 4.40. The lowest BCUT2D eigenvalue weighted by Crippen LogP contribution is -2.54. The maximum Gasteiger partial charge on any atom is 0.264 e. The van der Waals surface area contributed by atoms with Crippen LogP contribution in [0.4, 0.5) is 34.5 Å². The number of imide groups is 2. The number of fused-ring (bicyclic) bond motifs is 1. The van der Waals surface area contributed by atoms with Gasteiger partial charge >= 0.3 is 0 Å². The zero-order chi connectivity index (χ0) is 48.1. The number of anilines is 6. The van der Waals surface area contributed by atoms with Gasteiger partial charge in [-0.25, -0.2) is 4.98 Å². The Hall–Kier alpha value is -6.56. The number of aromatic nitrogens is 2. The Morgan fingerprint density at radius 1 is 0.853 bits per heavy atom. The summed E-state index contributed by atoms with van der Waals surface area (Å²) in [5.74, 6) is -1.35. The molecule has 4 aromatic rings. The maximum absolute atomic E-state index is 13.3. The lowest BCUT2D eigenvalue weighted by molar-refractivity contribution is -0.136. The number of rotatable bonds is 16. The van der Waals surface area contributed by atoms with E-state index in [0.29, 0.717) is 64.0 Å². The largest absolute Gasteiger partial charge is 0.494 e. The number of piperazine rings is 1. The number of carbonyl (C=O) groups is 6. The fourth-order valence-electron chi connectivity index (χ4n) is 9.15. The van der Waals surface area contributed by atoms with Gasteiger partial charge in [0.05, 0.1) is 35.8 Å². The number of hydrogen-bond donors (Lipinski definition) is 5. The second-order valence-electron chi connectivity index (χ2n) is 17.5. The third-order valence-electron chi connectivity index (χ3n) is 12.7. The highest BCUT2D eigenvalue weighted by molar-refractivity contribution is 7.70. The number of para-hydroxylation sites is 1. The van der Waals surface area contributed by atoms with Gasteiger partial charge in [-0.2, -0.15) is 4.98 Å². The Balaban J connectivity index is 0.747. The number of nitrogens with zero attached hydrogens (tertiary/aromatic N) is 6. The fourth-order valence-corrected chi connectivity index (χ4v) is 10.4. The van der Waals surface area contributed by atoms with Gasteiger partial charge in [-0.15, -0.1) is 0 Å². The van der Waals surface area contributed by atoms with Gasteiger partial charge in [0.25, 0.3) is 11.8 Å². The first kappa shape index (κ1) is 47.9. The molecule has 4 aliphatic rings. The van der Waals surface area contributed by atoms with Gasteiger partial charge in [-0.05, 0) is 69.0 Å². The monoisotopic (exact) mass is 967 g/mol. The van der Waals surface area contributed by atoms with Crippen LogP contribution in [0.15, 0.2) is 66.9 Å². The van der Waals surface area contributed by atoms with E-state index in [1.54, 1.807) is 32.6 Å². The summed E-state index contributed by atoms with van der Waals surface area (Å²) >= 11 is 6.47. The summed E-state index contributed by atoms with van der Waals surface area (Å²) in [7, 11) is -0.954. The van der Waals surface area contributed by atoms with Crippen LogP contribution in [0.5, 0.6) is 5.75 Å². The van der Waals surface area contributed by atoms with Crippen molar-refractivity contribution in [2.45, 2.75) is 50.6 Å². The molecule has 1 atom stereocenters. The second-order valence-corrected chi connectivity index (χ2v) is 21.1. The number of carbonyl (C=O) groups excluding carboxylic acids is 6. The van der Waals surface area contributed by atoms with Crippen LogP contribution in [0.1, 0.15) is 59.2 Å². The SMILES string of the molecule is COc1cc(N2CCC(N3CCN(C(=O)CCC(=O)NCCNc4cccc5c4C(=O)N(C4CCC(=O)NC4=O)C5=O)CC3)CC2)ccc1Nc1ncc(Cl)c(Nc2ccccc2P(C)(C)=O)n1. The molecule has 3 fully saturated rings. The minimum atomic E-state index is -2.57. The molecule has 0 radical (unpaired) electrons. The van der Waals surface area contributed by atoms with Gasteiger partial charge in [0, 0.05) is 100 Å². The highest BCUT2D eigenvalue weighted by Crippen LogP contribution is 2.39. The van der Waals surface area contributed by atoms with Crippen molar-refractivity contribution in [1.82, 2.24) is 35.3 Å². The minimum Gasteiger partial charge on any atom is -0.494 e. The molecule has 5 N–H and O–H groups in total. The molecule has 5 heterocycles. The van der Waals surface area contributed by atoms with E-state index in [4.69, 9.17) is 16.3 Å². The van der Waals surface area contributed by atoms with Crippen molar-refractivity contribution in [3.05, 3.63) is 83.0 Å². The van der Waals surface area contributed by atoms with Crippen molar-refractivity contribution in [2.75, 3.05) is 93.6 Å². The maximum atomic E-state index is 13.3. The average molecular weight is 968 g/mol. The van der Waals surface area contributed by atoms with Gasteiger partial charge in [-0.3, -0.25) is 43.9 Å². The van der Waals surface area contributed by atoms with Crippen LogP contribution in [-0.4, -0.2) is 145 Å². The number of piperidine rings is 2. The summed E-state index contributed by atoms with van der Waals surface area (Å²) < 4.78 is 18.7. The third-order valence-corrected chi connectivity index (χ3v) is 14.5. The molecule has 21 heteroatoms. The average Bonchev–Trinajstić information content (AvgIpc) is 3.59. The highest BCUT2D eigenvalue weighted by atomic mass is 35.5. The van der Waals surface area contributed by atoms with E-state index in [-0.39, 0.29) is 61.7 Å². The molecule has 3 saturated heterocycles. The number of benzene rings is 3. The summed E-state index contributed by atoms with van der Waals surface area (Å²) in [6, 6.07) is 17.5. The summed E-state index contributed by atoms with van der Waals surface area (Å²) in [6.07, 6.45) is 3.67. The van der Waals surface area contributed by atoms with E-state index in [0.717, 1.165) is 49.6 Å². The van der Waals surface area contributed by atoms with Crippen molar-refractivity contribution >= 4 is 94.0 Å². The molecule has 0 spiro atoms. The zero-order valence-corrected chi connectivity index (χ0v) is 39.8. The van der Waals surface area contributed by atoms with Crippen molar-refractivity contribution in [2.24, 2.45) is 0 Å². The van der Waals surface area contributed by atoms with Gasteiger partial charge in [-0.1, -0.05) is 29.8 Å². The van der Waals surface area contributed by atoms with Gasteiger partial charge in [0.2, 0.25) is 29.6 Å². The first-order chi connectivity index (χ1) is 32.7. The Labute approximate surface area is 399 Å². The molecule has 358 valence electrons. The highest BCUT2D eigenvalue weighted by Gasteiger charge is 2.45. The number of hydrogen-bond acceptors (Lipinski definition) is 15. The van der Waals surface area contributed by atoms with Crippen LogP contribution in [0.25, 0.3) is 0 Å². The molecular formula is C47H55ClN11O8P.